The first-order valence-corrected chi connectivity index (χ1v) is 7.67. The van der Waals surface area contributed by atoms with Crippen LogP contribution in [0.15, 0.2) is 24.3 Å². The Hall–Kier alpha value is -1.75. The summed E-state index contributed by atoms with van der Waals surface area (Å²) in [5.41, 5.74) is 0.676. The number of rotatable bonds is 7. The average molecular weight is 308 g/mol. The summed E-state index contributed by atoms with van der Waals surface area (Å²) in [5, 5.41) is 6.23. The Morgan fingerprint density at radius 1 is 1.32 bits per heavy atom. The first-order valence-electron chi connectivity index (χ1n) is 7.67. The quantitative estimate of drug-likeness (QED) is 0.812. The molecule has 2 N–H and O–H groups in total. The largest absolute Gasteiger partial charge is 0.497 e. The summed E-state index contributed by atoms with van der Waals surface area (Å²) in [5.74, 6) is 0.847. The number of carbonyl (C=O) groups excluding carboxylic acids is 1. The highest BCUT2D eigenvalue weighted by Gasteiger charge is 2.16. The molecule has 1 aromatic carbocycles. The third-order valence-electron chi connectivity index (χ3n) is 3.11. The molecule has 0 bridgehead atoms. The Balaban J connectivity index is 2.40. The fourth-order valence-corrected chi connectivity index (χ4v) is 1.93. The van der Waals surface area contributed by atoms with E-state index < -0.39 is 5.60 Å². The zero-order valence-electron chi connectivity index (χ0n) is 14.2. The predicted octanol–water partition coefficient (Wildman–Crippen LogP) is 3.09. The van der Waals surface area contributed by atoms with Gasteiger partial charge in [0.15, 0.2) is 0 Å². The van der Waals surface area contributed by atoms with Crippen LogP contribution in [0.1, 0.15) is 39.7 Å². The molecule has 0 aliphatic rings. The molecule has 0 spiro atoms. The van der Waals surface area contributed by atoms with Gasteiger partial charge in [0.2, 0.25) is 0 Å². The Morgan fingerprint density at radius 3 is 2.64 bits per heavy atom. The molecule has 0 saturated carbocycles. The molecule has 0 aliphatic carbocycles. The predicted molar refractivity (Wildman–Crippen MR) is 88.1 cm³/mol. The molecule has 1 aromatic rings. The van der Waals surface area contributed by atoms with Gasteiger partial charge in [-0.1, -0.05) is 19.1 Å². The van der Waals surface area contributed by atoms with Gasteiger partial charge in [-0.15, -0.1) is 0 Å². The Bertz CT molecular complexity index is 469. The van der Waals surface area contributed by atoms with E-state index in [1.165, 1.54) is 0 Å². The molecule has 5 nitrogen and oxygen atoms in total. The van der Waals surface area contributed by atoms with Crippen LogP contribution in [0.25, 0.3) is 0 Å². The van der Waals surface area contributed by atoms with E-state index >= 15 is 0 Å². The summed E-state index contributed by atoms with van der Waals surface area (Å²) in [7, 11) is 1.66. The molecule has 0 saturated heterocycles. The molecule has 0 radical (unpaired) electrons. The third-order valence-corrected chi connectivity index (χ3v) is 3.11. The van der Waals surface area contributed by atoms with E-state index in [0.717, 1.165) is 24.3 Å². The van der Waals surface area contributed by atoms with Crippen molar-refractivity contribution >= 4 is 6.09 Å². The van der Waals surface area contributed by atoms with Crippen LogP contribution in [0.2, 0.25) is 0 Å². The van der Waals surface area contributed by atoms with E-state index in [1.54, 1.807) is 7.11 Å². The number of benzene rings is 1. The molecule has 1 rings (SSSR count). The van der Waals surface area contributed by atoms with E-state index in [9.17, 15) is 4.79 Å². The number of alkyl carbamates (subject to hydrolysis) is 1. The lowest BCUT2D eigenvalue weighted by Gasteiger charge is -2.22. The summed E-state index contributed by atoms with van der Waals surface area (Å²) < 4.78 is 10.4. The van der Waals surface area contributed by atoms with Gasteiger partial charge in [0.1, 0.15) is 11.4 Å². The van der Waals surface area contributed by atoms with Crippen LogP contribution in [0.3, 0.4) is 0 Å². The third kappa shape index (κ3) is 7.31. The van der Waals surface area contributed by atoms with E-state index in [2.05, 4.69) is 17.6 Å². The second-order valence-corrected chi connectivity index (χ2v) is 6.22. The van der Waals surface area contributed by atoms with Crippen molar-refractivity contribution in [2.75, 3.05) is 13.7 Å². The van der Waals surface area contributed by atoms with Gasteiger partial charge < -0.3 is 20.1 Å². The standard InChI is InChI=1S/C17H28N2O3/c1-6-14(12-19-16(20)22-17(2,3)4)18-11-13-8-7-9-15(10-13)21-5/h7-10,14,18H,6,11-12H2,1-5H3,(H,19,20). The van der Waals surface area contributed by atoms with Gasteiger partial charge in [-0.25, -0.2) is 4.79 Å². The van der Waals surface area contributed by atoms with Crippen molar-refractivity contribution < 1.29 is 14.3 Å². The summed E-state index contributed by atoms with van der Waals surface area (Å²) in [6.07, 6.45) is 0.536. The SMILES string of the molecule is CCC(CNC(=O)OC(C)(C)C)NCc1cccc(OC)c1. The summed E-state index contributed by atoms with van der Waals surface area (Å²) in [4.78, 5) is 11.7. The van der Waals surface area contributed by atoms with Crippen molar-refractivity contribution in [1.82, 2.24) is 10.6 Å². The van der Waals surface area contributed by atoms with Gasteiger partial charge in [0, 0.05) is 19.1 Å². The molecule has 0 fully saturated rings. The molecular formula is C17H28N2O3. The highest BCUT2D eigenvalue weighted by Crippen LogP contribution is 2.12. The molecule has 0 aromatic heterocycles. The van der Waals surface area contributed by atoms with Crippen molar-refractivity contribution in [3.05, 3.63) is 29.8 Å². The van der Waals surface area contributed by atoms with Crippen LogP contribution in [0.4, 0.5) is 4.79 Å². The highest BCUT2D eigenvalue weighted by molar-refractivity contribution is 5.67. The van der Waals surface area contributed by atoms with Crippen LogP contribution in [-0.2, 0) is 11.3 Å². The molecule has 0 aliphatic heterocycles. The lowest BCUT2D eigenvalue weighted by molar-refractivity contribution is 0.0522. The second kappa shape index (κ2) is 8.63. The zero-order chi connectivity index (χ0) is 16.6. The van der Waals surface area contributed by atoms with Crippen molar-refractivity contribution in [2.24, 2.45) is 0 Å². The molecule has 0 heterocycles. The van der Waals surface area contributed by atoms with Crippen LogP contribution in [0.5, 0.6) is 5.75 Å². The second-order valence-electron chi connectivity index (χ2n) is 6.22. The van der Waals surface area contributed by atoms with Crippen LogP contribution in [0, 0.1) is 0 Å². The van der Waals surface area contributed by atoms with Crippen molar-refractivity contribution in [1.29, 1.82) is 0 Å². The molecule has 22 heavy (non-hydrogen) atoms. The van der Waals surface area contributed by atoms with E-state index in [1.807, 2.05) is 45.0 Å². The molecule has 124 valence electrons. The number of hydrogen-bond acceptors (Lipinski definition) is 4. The number of amides is 1. The monoisotopic (exact) mass is 308 g/mol. The minimum Gasteiger partial charge on any atom is -0.497 e. The first-order chi connectivity index (χ1) is 10.3. The van der Waals surface area contributed by atoms with Crippen molar-refractivity contribution in [3.63, 3.8) is 0 Å². The maximum absolute atomic E-state index is 11.7. The number of hydrogen-bond donors (Lipinski definition) is 2. The minimum absolute atomic E-state index is 0.193. The Kier molecular flexibility index (Phi) is 7.18. The molecule has 5 heteroatoms. The van der Waals surface area contributed by atoms with Gasteiger partial charge in [-0.3, -0.25) is 0 Å². The van der Waals surface area contributed by atoms with Gasteiger partial charge in [-0.05, 0) is 44.9 Å². The lowest BCUT2D eigenvalue weighted by atomic mass is 10.1. The number of carbonyl (C=O) groups is 1. The Labute approximate surface area is 133 Å². The summed E-state index contributed by atoms with van der Waals surface area (Å²) in [6.45, 7) is 8.90. The molecule has 1 unspecified atom stereocenters. The van der Waals surface area contributed by atoms with E-state index in [0.29, 0.717) is 6.54 Å². The number of nitrogens with one attached hydrogen (secondary N) is 2. The van der Waals surface area contributed by atoms with Gasteiger partial charge in [-0.2, -0.15) is 0 Å². The number of methoxy groups -OCH3 is 1. The number of ether oxygens (including phenoxy) is 2. The van der Waals surface area contributed by atoms with Crippen molar-refractivity contribution in [2.45, 2.75) is 52.3 Å². The highest BCUT2D eigenvalue weighted by atomic mass is 16.6. The fraction of sp³-hybridized carbons (Fsp3) is 0.588. The molecule has 1 amide bonds. The van der Waals surface area contributed by atoms with Gasteiger partial charge in [0.05, 0.1) is 7.11 Å². The molecular weight excluding hydrogens is 280 g/mol. The topological polar surface area (TPSA) is 59.6 Å². The zero-order valence-corrected chi connectivity index (χ0v) is 14.2. The van der Waals surface area contributed by atoms with Gasteiger partial charge >= 0.3 is 6.09 Å². The lowest BCUT2D eigenvalue weighted by Crippen LogP contribution is -2.42. The van der Waals surface area contributed by atoms with Gasteiger partial charge in [0.25, 0.3) is 0 Å². The smallest absolute Gasteiger partial charge is 0.407 e. The fourth-order valence-electron chi connectivity index (χ4n) is 1.93. The van der Waals surface area contributed by atoms with Crippen molar-refractivity contribution in [3.8, 4) is 5.75 Å². The van der Waals surface area contributed by atoms with E-state index in [4.69, 9.17) is 9.47 Å². The first kappa shape index (κ1) is 18.3. The minimum atomic E-state index is -0.472. The summed E-state index contributed by atoms with van der Waals surface area (Å²) in [6, 6.07) is 8.13. The van der Waals surface area contributed by atoms with Crippen LogP contribution >= 0.6 is 0 Å². The normalized spacial score (nSPS) is 12.6. The van der Waals surface area contributed by atoms with E-state index in [-0.39, 0.29) is 12.1 Å². The average Bonchev–Trinajstić information content (AvgIpc) is 2.46. The van der Waals surface area contributed by atoms with Crippen LogP contribution in [-0.4, -0.2) is 31.4 Å². The maximum Gasteiger partial charge on any atom is 0.407 e. The Morgan fingerprint density at radius 2 is 2.05 bits per heavy atom. The maximum atomic E-state index is 11.7. The van der Waals surface area contributed by atoms with Crippen LogP contribution < -0.4 is 15.4 Å². The summed E-state index contributed by atoms with van der Waals surface area (Å²) >= 11 is 0. The molecule has 1 atom stereocenters.